The van der Waals surface area contributed by atoms with E-state index in [1.165, 1.54) is 0 Å². The first kappa shape index (κ1) is 9.21. The van der Waals surface area contributed by atoms with Crippen molar-refractivity contribution in [2.24, 2.45) is 0 Å². The van der Waals surface area contributed by atoms with Gasteiger partial charge in [0.2, 0.25) is 0 Å². The van der Waals surface area contributed by atoms with Gasteiger partial charge in [-0.15, -0.1) is 0 Å². The highest BCUT2D eigenvalue weighted by Crippen LogP contribution is 2.12. The maximum atomic E-state index is 5.53. The molecule has 1 aromatic rings. The van der Waals surface area contributed by atoms with Crippen LogP contribution in [0.3, 0.4) is 0 Å². The molecule has 0 bridgehead atoms. The molecule has 0 aromatic carbocycles. The van der Waals surface area contributed by atoms with Gasteiger partial charge in [-0.25, -0.2) is 0 Å². The zero-order valence-electron chi connectivity index (χ0n) is 7.93. The van der Waals surface area contributed by atoms with Crippen molar-refractivity contribution in [2.45, 2.75) is 25.7 Å². The second-order valence-electron chi connectivity index (χ2n) is 3.15. The lowest BCUT2D eigenvalue weighted by molar-refractivity contribution is -0.124. The Bertz CT molecular complexity index is 297. The van der Waals surface area contributed by atoms with Gasteiger partial charge in [0.15, 0.2) is 6.29 Å². The molecule has 0 saturated heterocycles. The van der Waals surface area contributed by atoms with Crippen LogP contribution in [-0.4, -0.2) is 11.3 Å². The molecule has 74 valence electrons. The fourth-order valence-corrected chi connectivity index (χ4v) is 1.30. The highest BCUT2D eigenvalue weighted by atomic mass is 16.7. The minimum absolute atomic E-state index is 0.109. The van der Waals surface area contributed by atoms with Crippen molar-refractivity contribution in [1.29, 1.82) is 0 Å². The van der Waals surface area contributed by atoms with Gasteiger partial charge < -0.3 is 9.47 Å². The van der Waals surface area contributed by atoms with Crippen LogP contribution < -0.4 is 0 Å². The van der Waals surface area contributed by atoms with E-state index >= 15 is 0 Å². The van der Waals surface area contributed by atoms with Gasteiger partial charge in [0.25, 0.3) is 0 Å². The topological polar surface area (TPSA) is 31.4 Å². The molecule has 0 radical (unpaired) electrons. The molecule has 2 rings (SSSR count). The van der Waals surface area contributed by atoms with Gasteiger partial charge in [-0.3, -0.25) is 4.98 Å². The van der Waals surface area contributed by atoms with Crippen molar-refractivity contribution in [3.8, 4) is 0 Å². The predicted octanol–water partition coefficient (Wildman–Crippen LogP) is 2.25. The Morgan fingerprint density at radius 3 is 3.21 bits per heavy atom. The van der Waals surface area contributed by atoms with Gasteiger partial charge in [0, 0.05) is 12.6 Å². The van der Waals surface area contributed by atoms with Gasteiger partial charge in [0.05, 0.1) is 18.6 Å². The van der Waals surface area contributed by atoms with Crippen LogP contribution in [-0.2, 0) is 16.1 Å². The largest absolute Gasteiger partial charge is 0.473 e. The fraction of sp³-hybridized carbons (Fsp3) is 0.364. The maximum Gasteiger partial charge on any atom is 0.199 e. The number of ether oxygens (including phenoxy) is 2. The van der Waals surface area contributed by atoms with Gasteiger partial charge in [-0.2, -0.15) is 0 Å². The minimum Gasteiger partial charge on any atom is -0.473 e. The molecule has 1 atom stereocenters. The van der Waals surface area contributed by atoms with E-state index in [-0.39, 0.29) is 6.29 Å². The summed E-state index contributed by atoms with van der Waals surface area (Å²) in [6, 6.07) is 5.79. The van der Waals surface area contributed by atoms with Crippen molar-refractivity contribution in [3.05, 3.63) is 42.4 Å². The third-order valence-corrected chi connectivity index (χ3v) is 2.04. The lowest BCUT2D eigenvalue weighted by Gasteiger charge is -2.19. The Hall–Kier alpha value is -1.35. The summed E-state index contributed by atoms with van der Waals surface area (Å²) >= 11 is 0. The number of hydrogen-bond acceptors (Lipinski definition) is 3. The Kier molecular flexibility index (Phi) is 3.14. The Morgan fingerprint density at radius 2 is 2.50 bits per heavy atom. The van der Waals surface area contributed by atoms with Gasteiger partial charge in [-0.05, 0) is 24.6 Å². The van der Waals surface area contributed by atoms with Crippen LogP contribution in [0.5, 0.6) is 0 Å². The molecule has 3 nitrogen and oxygen atoms in total. The summed E-state index contributed by atoms with van der Waals surface area (Å²) in [6.45, 7) is 0.513. The Balaban J connectivity index is 1.80. The summed E-state index contributed by atoms with van der Waals surface area (Å²) in [6.07, 6.45) is 7.30. The number of allylic oxidation sites excluding steroid dienone is 1. The number of pyridine rings is 1. The van der Waals surface area contributed by atoms with E-state index in [2.05, 4.69) is 4.98 Å². The van der Waals surface area contributed by atoms with Crippen molar-refractivity contribution >= 4 is 0 Å². The molecule has 0 N–H and O–H groups in total. The highest BCUT2D eigenvalue weighted by Gasteiger charge is 2.10. The predicted molar refractivity (Wildman–Crippen MR) is 52.3 cm³/mol. The number of rotatable bonds is 3. The van der Waals surface area contributed by atoms with Gasteiger partial charge >= 0.3 is 0 Å². The maximum absolute atomic E-state index is 5.53. The quantitative estimate of drug-likeness (QED) is 0.734. The number of aromatic nitrogens is 1. The van der Waals surface area contributed by atoms with Gasteiger partial charge in [0.1, 0.15) is 0 Å². The molecule has 14 heavy (non-hydrogen) atoms. The van der Waals surface area contributed by atoms with E-state index in [0.717, 1.165) is 18.5 Å². The fourth-order valence-electron chi connectivity index (χ4n) is 1.30. The molecule has 2 heterocycles. The van der Waals surface area contributed by atoms with Gasteiger partial charge in [-0.1, -0.05) is 6.07 Å². The molecular weight excluding hydrogens is 178 g/mol. The molecule has 1 unspecified atom stereocenters. The average molecular weight is 191 g/mol. The average Bonchev–Trinajstić information content (AvgIpc) is 2.29. The Labute approximate surface area is 83.4 Å². The van der Waals surface area contributed by atoms with Crippen molar-refractivity contribution < 1.29 is 9.47 Å². The normalized spacial score (nSPS) is 20.4. The van der Waals surface area contributed by atoms with Crippen molar-refractivity contribution in [3.63, 3.8) is 0 Å². The minimum atomic E-state index is -0.109. The summed E-state index contributed by atoms with van der Waals surface area (Å²) in [5.41, 5.74) is 0.936. The summed E-state index contributed by atoms with van der Waals surface area (Å²) in [5, 5.41) is 0. The van der Waals surface area contributed by atoms with Crippen LogP contribution in [0.25, 0.3) is 0 Å². The van der Waals surface area contributed by atoms with E-state index in [1.807, 2.05) is 24.3 Å². The molecule has 0 fully saturated rings. The Morgan fingerprint density at radius 1 is 1.50 bits per heavy atom. The molecular formula is C11H13NO2. The lowest BCUT2D eigenvalue weighted by Crippen LogP contribution is -2.16. The molecule has 0 amide bonds. The molecule has 1 aliphatic heterocycles. The van der Waals surface area contributed by atoms with E-state index < -0.39 is 0 Å². The molecule has 0 saturated carbocycles. The van der Waals surface area contributed by atoms with Crippen molar-refractivity contribution in [1.82, 2.24) is 4.98 Å². The summed E-state index contributed by atoms with van der Waals surface area (Å²) in [5.74, 6) is 0. The van der Waals surface area contributed by atoms with Crippen LogP contribution in [0, 0.1) is 0 Å². The first-order chi connectivity index (χ1) is 6.95. The zero-order valence-corrected chi connectivity index (χ0v) is 7.93. The summed E-state index contributed by atoms with van der Waals surface area (Å²) in [7, 11) is 0. The van der Waals surface area contributed by atoms with Crippen LogP contribution in [0.1, 0.15) is 18.5 Å². The van der Waals surface area contributed by atoms with Crippen LogP contribution in [0.15, 0.2) is 36.7 Å². The van der Waals surface area contributed by atoms with E-state index in [9.17, 15) is 0 Å². The zero-order chi connectivity index (χ0) is 9.64. The van der Waals surface area contributed by atoms with Crippen LogP contribution >= 0.6 is 0 Å². The molecule has 1 aromatic heterocycles. The third kappa shape index (κ3) is 2.57. The molecule has 0 aliphatic carbocycles. The van der Waals surface area contributed by atoms with E-state index in [1.54, 1.807) is 12.5 Å². The lowest BCUT2D eigenvalue weighted by atomic mass is 10.3. The summed E-state index contributed by atoms with van der Waals surface area (Å²) in [4.78, 5) is 4.16. The second-order valence-corrected chi connectivity index (χ2v) is 3.15. The molecule has 3 heteroatoms. The number of hydrogen-bond donors (Lipinski definition) is 0. The molecule has 1 aliphatic rings. The first-order valence-corrected chi connectivity index (χ1v) is 4.77. The first-order valence-electron chi connectivity index (χ1n) is 4.77. The highest BCUT2D eigenvalue weighted by molar-refractivity contribution is 5.01. The van der Waals surface area contributed by atoms with E-state index in [4.69, 9.17) is 9.47 Å². The SMILES string of the molecule is C1=COC(OCc2ccccn2)CC1. The standard InChI is InChI=1S/C11H13NO2/c1-3-7-12-10(5-1)9-14-11-6-2-4-8-13-11/h1,3-5,7-8,11H,2,6,9H2. The smallest absolute Gasteiger partial charge is 0.199 e. The van der Waals surface area contributed by atoms with Crippen LogP contribution in [0.2, 0.25) is 0 Å². The monoisotopic (exact) mass is 191 g/mol. The van der Waals surface area contributed by atoms with Crippen LogP contribution in [0.4, 0.5) is 0 Å². The summed E-state index contributed by atoms with van der Waals surface area (Å²) < 4.78 is 10.8. The number of nitrogens with zero attached hydrogens (tertiary/aromatic N) is 1. The molecule has 0 spiro atoms. The van der Waals surface area contributed by atoms with Crippen molar-refractivity contribution in [2.75, 3.05) is 0 Å². The second kappa shape index (κ2) is 4.77. The van der Waals surface area contributed by atoms with E-state index in [0.29, 0.717) is 6.61 Å². The third-order valence-electron chi connectivity index (χ3n) is 2.04.